The maximum absolute atomic E-state index is 11.3. The first-order chi connectivity index (χ1) is 6.87. The second-order valence-corrected chi connectivity index (χ2v) is 5.17. The molecule has 88 valence electrons. The van der Waals surface area contributed by atoms with E-state index in [0.717, 1.165) is 18.2 Å². The highest BCUT2D eigenvalue weighted by atomic mass is 32.2. The Bertz CT molecular complexity index is 229. The maximum Gasteiger partial charge on any atom is 0.313 e. The van der Waals surface area contributed by atoms with Crippen LogP contribution >= 0.6 is 11.8 Å². The Morgan fingerprint density at radius 1 is 1.33 bits per heavy atom. The summed E-state index contributed by atoms with van der Waals surface area (Å²) in [6, 6.07) is 0. The molecule has 1 amide bonds. The monoisotopic (exact) mass is 233 g/mol. The van der Waals surface area contributed by atoms with Crippen LogP contribution in [0.25, 0.3) is 0 Å². The van der Waals surface area contributed by atoms with Crippen molar-refractivity contribution < 1.29 is 14.7 Å². The average Bonchev–Trinajstić information content (AvgIpc) is 2.14. The molecule has 15 heavy (non-hydrogen) atoms. The molecule has 0 bridgehead atoms. The molecule has 2 N–H and O–H groups in total. The van der Waals surface area contributed by atoms with Crippen molar-refractivity contribution in [3.63, 3.8) is 0 Å². The van der Waals surface area contributed by atoms with Gasteiger partial charge in [0.2, 0.25) is 5.91 Å². The standard InChI is InChI=1S/C10H19NO3S/c1-4-10(2,3)7-11-8(12)5-15-6-9(13)14/h4-7H2,1-3H3,(H,11,12)(H,13,14). The van der Waals surface area contributed by atoms with Crippen molar-refractivity contribution in [2.45, 2.75) is 27.2 Å². The van der Waals surface area contributed by atoms with Crippen molar-refractivity contribution in [1.82, 2.24) is 5.32 Å². The van der Waals surface area contributed by atoms with E-state index in [0.29, 0.717) is 6.54 Å². The van der Waals surface area contributed by atoms with Crippen LogP contribution in [0.2, 0.25) is 0 Å². The fraction of sp³-hybridized carbons (Fsp3) is 0.800. The molecule has 0 spiro atoms. The summed E-state index contributed by atoms with van der Waals surface area (Å²) in [5.41, 5.74) is 0.104. The molecule has 0 aromatic rings. The van der Waals surface area contributed by atoms with Gasteiger partial charge in [-0.2, -0.15) is 0 Å². The van der Waals surface area contributed by atoms with Crippen molar-refractivity contribution >= 4 is 23.6 Å². The van der Waals surface area contributed by atoms with Gasteiger partial charge in [-0.1, -0.05) is 20.8 Å². The highest BCUT2D eigenvalue weighted by molar-refractivity contribution is 8.00. The minimum Gasteiger partial charge on any atom is -0.481 e. The van der Waals surface area contributed by atoms with E-state index in [1.54, 1.807) is 0 Å². The second-order valence-electron chi connectivity index (χ2n) is 4.18. The van der Waals surface area contributed by atoms with Crippen LogP contribution in [0, 0.1) is 5.41 Å². The van der Waals surface area contributed by atoms with Gasteiger partial charge in [0.05, 0.1) is 11.5 Å². The number of nitrogens with one attached hydrogen (secondary N) is 1. The lowest BCUT2D eigenvalue weighted by Crippen LogP contribution is -2.34. The van der Waals surface area contributed by atoms with Crippen molar-refractivity contribution in [2.24, 2.45) is 5.41 Å². The zero-order valence-corrected chi connectivity index (χ0v) is 10.3. The molecule has 0 radical (unpaired) electrons. The lowest BCUT2D eigenvalue weighted by Gasteiger charge is -2.22. The number of carboxylic acid groups (broad SMARTS) is 1. The Labute approximate surface area is 94.8 Å². The molecule has 0 aromatic heterocycles. The van der Waals surface area contributed by atoms with E-state index in [2.05, 4.69) is 26.1 Å². The van der Waals surface area contributed by atoms with Gasteiger partial charge in [-0.15, -0.1) is 11.8 Å². The molecule has 0 atom stereocenters. The molecule has 0 aliphatic rings. The third-order valence-electron chi connectivity index (χ3n) is 2.18. The summed E-state index contributed by atoms with van der Waals surface area (Å²) < 4.78 is 0. The number of carboxylic acids is 1. The van der Waals surface area contributed by atoms with Gasteiger partial charge in [-0.05, 0) is 11.8 Å². The number of aliphatic carboxylic acids is 1. The predicted octanol–water partition coefficient (Wildman–Crippen LogP) is 1.36. The van der Waals surface area contributed by atoms with Gasteiger partial charge in [0.15, 0.2) is 0 Å². The zero-order valence-electron chi connectivity index (χ0n) is 9.50. The minimum atomic E-state index is -0.887. The van der Waals surface area contributed by atoms with Crippen LogP contribution in [0.4, 0.5) is 0 Å². The van der Waals surface area contributed by atoms with E-state index < -0.39 is 5.97 Å². The summed E-state index contributed by atoms with van der Waals surface area (Å²) in [7, 11) is 0. The van der Waals surface area contributed by atoms with Crippen molar-refractivity contribution in [1.29, 1.82) is 0 Å². The van der Waals surface area contributed by atoms with Crippen LogP contribution in [-0.2, 0) is 9.59 Å². The van der Waals surface area contributed by atoms with Gasteiger partial charge in [-0.3, -0.25) is 9.59 Å². The van der Waals surface area contributed by atoms with Gasteiger partial charge in [0.25, 0.3) is 0 Å². The summed E-state index contributed by atoms with van der Waals surface area (Å²) in [6.07, 6.45) is 0.996. The third-order valence-corrected chi connectivity index (χ3v) is 3.10. The van der Waals surface area contributed by atoms with Crippen LogP contribution in [-0.4, -0.2) is 35.0 Å². The Kier molecular flexibility index (Phi) is 6.40. The molecule has 4 nitrogen and oxygen atoms in total. The Morgan fingerprint density at radius 3 is 2.40 bits per heavy atom. The topological polar surface area (TPSA) is 66.4 Å². The maximum atomic E-state index is 11.3. The van der Waals surface area contributed by atoms with Gasteiger partial charge in [0.1, 0.15) is 0 Å². The molecule has 0 aliphatic heterocycles. The molecule has 5 heteroatoms. The van der Waals surface area contributed by atoms with Crippen LogP contribution < -0.4 is 5.32 Å². The van der Waals surface area contributed by atoms with Gasteiger partial charge in [-0.25, -0.2) is 0 Å². The summed E-state index contributed by atoms with van der Waals surface area (Å²) in [4.78, 5) is 21.5. The van der Waals surface area contributed by atoms with Crippen molar-refractivity contribution in [3.8, 4) is 0 Å². The Hall–Kier alpha value is -0.710. The first-order valence-electron chi connectivity index (χ1n) is 4.93. The number of carbonyl (C=O) groups is 2. The molecule has 0 aliphatic carbocycles. The SMILES string of the molecule is CCC(C)(C)CNC(=O)CSCC(=O)O. The fourth-order valence-electron chi connectivity index (χ4n) is 0.745. The Morgan fingerprint density at radius 2 is 1.93 bits per heavy atom. The number of hydrogen-bond donors (Lipinski definition) is 2. The normalized spacial score (nSPS) is 11.1. The fourth-order valence-corrected chi connectivity index (χ4v) is 1.31. The van der Waals surface area contributed by atoms with E-state index in [-0.39, 0.29) is 22.8 Å². The molecule has 0 saturated heterocycles. The van der Waals surface area contributed by atoms with Crippen molar-refractivity contribution in [3.05, 3.63) is 0 Å². The molecule has 0 aromatic carbocycles. The highest BCUT2D eigenvalue weighted by Gasteiger charge is 2.15. The van der Waals surface area contributed by atoms with Crippen LogP contribution in [0.1, 0.15) is 27.2 Å². The number of amides is 1. The first-order valence-corrected chi connectivity index (χ1v) is 6.09. The minimum absolute atomic E-state index is 0.0232. The largest absolute Gasteiger partial charge is 0.481 e. The number of carbonyl (C=O) groups excluding carboxylic acids is 1. The molecular weight excluding hydrogens is 214 g/mol. The first kappa shape index (κ1) is 14.3. The zero-order chi connectivity index (χ0) is 11.9. The van der Waals surface area contributed by atoms with Crippen LogP contribution in [0.15, 0.2) is 0 Å². The smallest absolute Gasteiger partial charge is 0.313 e. The summed E-state index contributed by atoms with van der Waals surface area (Å²) >= 11 is 1.12. The molecule has 0 heterocycles. The summed E-state index contributed by atoms with van der Waals surface area (Å²) in [5, 5.41) is 11.2. The van der Waals surface area contributed by atoms with E-state index in [9.17, 15) is 9.59 Å². The third kappa shape index (κ3) is 8.30. The Balaban J connectivity index is 3.62. The van der Waals surface area contributed by atoms with Gasteiger partial charge < -0.3 is 10.4 Å². The highest BCUT2D eigenvalue weighted by Crippen LogP contribution is 2.17. The lowest BCUT2D eigenvalue weighted by molar-refractivity contribution is -0.133. The quantitative estimate of drug-likeness (QED) is 0.696. The van der Waals surface area contributed by atoms with E-state index in [1.165, 1.54) is 0 Å². The average molecular weight is 233 g/mol. The predicted molar refractivity (Wildman–Crippen MR) is 62.0 cm³/mol. The second kappa shape index (κ2) is 6.71. The van der Waals surface area contributed by atoms with Gasteiger partial charge >= 0.3 is 5.97 Å². The van der Waals surface area contributed by atoms with E-state index >= 15 is 0 Å². The molecule has 0 unspecified atom stereocenters. The van der Waals surface area contributed by atoms with Crippen molar-refractivity contribution in [2.75, 3.05) is 18.1 Å². The lowest BCUT2D eigenvalue weighted by atomic mass is 9.90. The van der Waals surface area contributed by atoms with Gasteiger partial charge in [0, 0.05) is 6.54 Å². The number of rotatable bonds is 7. The van der Waals surface area contributed by atoms with Crippen LogP contribution in [0.3, 0.4) is 0 Å². The molecule has 0 fully saturated rings. The summed E-state index contributed by atoms with van der Waals surface area (Å²) in [5.74, 6) is -0.791. The number of thioether (sulfide) groups is 1. The van der Waals surface area contributed by atoms with E-state index in [4.69, 9.17) is 5.11 Å². The molecular formula is C10H19NO3S. The van der Waals surface area contributed by atoms with E-state index in [1.807, 2.05) is 0 Å². The molecule has 0 rings (SSSR count). The molecule has 0 saturated carbocycles. The van der Waals surface area contributed by atoms with Crippen LogP contribution in [0.5, 0.6) is 0 Å². The summed E-state index contributed by atoms with van der Waals surface area (Å²) in [6.45, 7) is 6.87. The number of hydrogen-bond acceptors (Lipinski definition) is 3.